The highest BCUT2D eigenvalue weighted by Crippen LogP contribution is 2.38. The first kappa shape index (κ1) is 15.2. The Balaban J connectivity index is 3.25. The lowest BCUT2D eigenvalue weighted by atomic mass is 10.0. The molecule has 0 spiro atoms. The molecule has 0 fully saturated rings. The molecule has 0 aliphatic heterocycles. The Bertz CT molecular complexity index is 430. The van der Waals surface area contributed by atoms with Crippen LogP contribution in [-0.2, 0) is 5.92 Å². The van der Waals surface area contributed by atoms with Crippen LogP contribution >= 0.6 is 11.6 Å². The normalized spacial score (nSPS) is 14.7. The minimum Gasteiger partial charge on any atom is -0.379 e. The van der Waals surface area contributed by atoms with Crippen molar-refractivity contribution in [3.05, 3.63) is 34.3 Å². The molecular weight excluding hydrogens is 279 g/mol. The van der Waals surface area contributed by atoms with Gasteiger partial charge in [-0.1, -0.05) is 18.5 Å². The standard InChI is InChI=1S/C11H10ClF5O/c1-2-10(13,14)7-3-6(4-8(12)5-7)9(18)11(15,16)17/h3-5,9,18H,2H2,1H3. The predicted octanol–water partition coefficient (Wildman–Crippen LogP) is 4.44. The maximum absolute atomic E-state index is 13.4. The molecule has 0 aromatic heterocycles. The molecule has 1 aromatic carbocycles. The van der Waals surface area contributed by atoms with E-state index in [2.05, 4.69) is 0 Å². The number of halogens is 6. The van der Waals surface area contributed by atoms with Gasteiger partial charge in [0.25, 0.3) is 5.92 Å². The summed E-state index contributed by atoms with van der Waals surface area (Å²) < 4.78 is 63.7. The number of alkyl halides is 5. The van der Waals surface area contributed by atoms with Crippen LogP contribution in [0.5, 0.6) is 0 Å². The molecule has 0 saturated carbocycles. The summed E-state index contributed by atoms with van der Waals surface area (Å²) in [6, 6.07) is 2.32. The van der Waals surface area contributed by atoms with Crippen LogP contribution < -0.4 is 0 Å². The van der Waals surface area contributed by atoms with Crippen molar-refractivity contribution in [2.75, 3.05) is 0 Å². The summed E-state index contributed by atoms with van der Waals surface area (Å²) in [4.78, 5) is 0. The molecule has 0 amide bonds. The molecule has 1 nitrogen and oxygen atoms in total. The van der Waals surface area contributed by atoms with Gasteiger partial charge in [0.15, 0.2) is 6.10 Å². The first-order valence-corrected chi connectivity index (χ1v) is 5.39. The minimum absolute atomic E-state index is 0.279. The monoisotopic (exact) mass is 288 g/mol. The molecule has 0 bridgehead atoms. The van der Waals surface area contributed by atoms with Gasteiger partial charge in [0.2, 0.25) is 0 Å². The molecular formula is C11H10ClF5O. The van der Waals surface area contributed by atoms with E-state index in [4.69, 9.17) is 16.7 Å². The van der Waals surface area contributed by atoms with Gasteiger partial charge in [-0.05, 0) is 23.8 Å². The van der Waals surface area contributed by atoms with Crippen LogP contribution in [0.25, 0.3) is 0 Å². The molecule has 0 radical (unpaired) electrons. The number of hydrogen-bond donors (Lipinski definition) is 1. The Morgan fingerprint density at radius 3 is 2.17 bits per heavy atom. The fourth-order valence-corrected chi connectivity index (χ4v) is 1.62. The van der Waals surface area contributed by atoms with Gasteiger partial charge in [-0.3, -0.25) is 0 Å². The van der Waals surface area contributed by atoms with Crippen LogP contribution in [0.1, 0.15) is 30.6 Å². The quantitative estimate of drug-likeness (QED) is 0.815. The zero-order valence-electron chi connectivity index (χ0n) is 9.23. The van der Waals surface area contributed by atoms with Crippen LogP contribution in [0.3, 0.4) is 0 Å². The molecule has 1 rings (SSSR count). The molecule has 1 aromatic rings. The van der Waals surface area contributed by atoms with E-state index in [-0.39, 0.29) is 5.02 Å². The highest BCUT2D eigenvalue weighted by molar-refractivity contribution is 6.30. The molecule has 1 unspecified atom stereocenters. The van der Waals surface area contributed by atoms with Crippen molar-refractivity contribution in [3.63, 3.8) is 0 Å². The second kappa shape index (κ2) is 5.01. The lowest BCUT2D eigenvalue weighted by Gasteiger charge is -2.19. The number of rotatable bonds is 3. The summed E-state index contributed by atoms with van der Waals surface area (Å²) in [7, 11) is 0. The van der Waals surface area contributed by atoms with E-state index in [0.717, 1.165) is 12.1 Å². The fourth-order valence-electron chi connectivity index (χ4n) is 1.37. The van der Waals surface area contributed by atoms with Crippen molar-refractivity contribution in [2.24, 2.45) is 0 Å². The van der Waals surface area contributed by atoms with Crippen LogP contribution in [0, 0.1) is 0 Å². The van der Waals surface area contributed by atoms with Crippen LogP contribution in [-0.4, -0.2) is 11.3 Å². The van der Waals surface area contributed by atoms with Gasteiger partial charge < -0.3 is 5.11 Å². The summed E-state index contributed by atoms with van der Waals surface area (Å²) in [5.74, 6) is -3.29. The van der Waals surface area contributed by atoms with Gasteiger partial charge in [-0.25, -0.2) is 8.78 Å². The first-order chi connectivity index (χ1) is 8.08. The first-order valence-electron chi connectivity index (χ1n) is 5.01. The van der Waals surface area contributed by atoms with Crippen LogP contribution in [0.15, 0.2) is 18.2 Å². The van der Waals surface area contributed by atoms with E-state index in [1.165, 1.54) is 6.92 Å². The Hall–Kier alpha value is -0.880. The number of hydrogen-bond acceptors (Lipinski definition) is 1. The van der Waals surface area contributed by atoms with Gasteiger partial charge in [-0.2, -0.15) is 13.2 Å². The van der Waals surface area contributed by atoms with Crippen LogP contribution in [0.4, 0.5) is 22.0 Å². The summed E-state index contributed by atoms with van der Waals surface area (Å²) in [6.45, 7) is 1.20. The van der Waals surface area contributed by atoms with Crippen LogP contribution in [0.2, 0.25) is 5.02 Å². The Morgan fingerprint density at radius 1 is 1.17 bits per heavy atom. The maximum Gasteiger partial charge on any atom is 0.418 e. The minimum atomic E-state index is -4.93. The van der Waals surface area contributed by atoms with Crippen molar-refractivity contribution in [2.45, 2.75) is 31.5 Å². The molecule has 102 valence electrons. The van der Waals surface area contributed by atoms with Gasteiger partial charge in [0.1, 0.15) is 0 Å². The number of aliphatic hydroxyl groups is 1. The van der Waals surface area contributed by atoms with Gasteiger partial charge >= 0.3 is 6.18 Å². The SMILES string of the molecule is CCC(F)(F)c1cc(Cl)cc(C(O)C(F)(F)F)c1. The molecule has 1 atom stereocenters. The van der Waals surface area contributed by atoms with E-state index in [9.17, 15) is 22.0 Å². The van der Waals surface area contributed by atoms with Gasteiger partial charge in [-0.15, -0.1) is 0 Å². The zero-order valence-corrected chi connectivity index (χ0v) is 9.99. The lowest BCUT2D eigenvalue weighted by Crippen LogP contribution is -2.21. The topological polar surface area (TPSA) is 20.2 Å². The van der Waals surface area contributed by atoms with Crippen molar-refractivity contribution in [3.8, 4) is 0 Å². The zero-order chi connectivity index (χ0) is 14.1. The van der Waals surface area contributed by atoms with Gasteiger partial charge in [0, 0.05) is 17.0 Å². The molecule has 0 aliphatic carbocycles. The van der Waals surface area contributed by atoms with E-state index < -0.39 is 35.8 Å². The molecule has 7 heteroatoms. The van der Waals surface area contributed by atoms with Crippen molar-refractivity contribution < 1.29 is 27.1 Å². The Morgan fingerprint density at radius 2 is 1.72 bits per heavy atom. The summed E-state index contributed by atoms with van der Waals surface area (Å²) in [6.07, 6.45) is -8.33. The Kier molecular flexibility index (Phi) is 4.23. The maximum atomic E-state index is 13.4. The van der Waals surface area contributed by atoms with E-state index in [1.54, 1.807) is 0 Å². The predicted molar refractivity (Wildman–Crippen MR) is 56.7 cm³/mol. The third-order valence-electron chi connectivity index (χ3n) is 2.41. The summed E-state index contributed by atoms with van der Waals surface area (Å²) >= 11 is 5.50. The fraction of sp³-hybridized carbons (Fsp3) is 0.455. The molecule has 0 aliphatic rings. The summed E-state index contributed by atoms with van der Waals surface area (Å²) in [5, 5.41) is 8.74. The smallest absolute Gasteiger partial charge is 0.379 e. The highest BCUT2D eigenvalue weighted by atomic mass is 35.5. The largest absolute Gasteiger partial charge is 0.418 e. The average Bonchev–Trinajstić information content (AvgIpc) is 2.26. The van der Waals surface area contributed by atoms with E-state index in [0.29, 0.717) is 6.07 Å². The summed E-state index contributed by atoms with van der Waals surface area (Å²) in [5.41, 5.74) is -1.34. The van der Waals surface area contributed by atoms with Crippen molar-refractivity contribution in [1.29, 1.82) is 0 Å². The average molecular weight is 289 g/mol. The van der Waals surface area contributed by atoms with Gasteiger partial charge in [0.05, 0.1) is 0 Å². The molecule has 0 heterocycles. The van der Waals surface area contributed by atoms with E-state index in [1.807, 2.05) is 0 Å². The third-order valence-corrected chi connectivity index (χ3v) is 2.63. The van der Waals surface area contributed by atoms with Crippen molar-refractivity contribution in [1.82, 2.24) is 0 Å². The second-order valence-electron chi connectivity index (χ2n) is 3.78. The molecule has 1 N–H and O–H groups in total. The molecule has 18 heavy (non-hydrogen) atoms. The van der Waals surface area contributed by atoms with E-state index >= 15 is 0 Å². The lowest BCUT2D eigenvalue weighted by molar-refractivity contribution is -0.206. The molecule has 0 saturated heterocycles. The Labute approximate surface area is 105 Å². The highest BCUT2D eigenvalue weighted by Gasteiger charge is 2.40. The van der Waals surface area contributed by atoms with Crippen molar-refractivity contribution >= 4 is 11.6 Å². The number of aliphatic hydroxyl groups excluding tert-OH is 1. The number of benzene rings is 1. The third kappa shape index (κ3) is 3.32. The second-order valence-corrected chi connectivity index (χ2v) is 4.21.